The van der Waals surface area contributed by atoms with Crippen molar-refractivity contribution >= 4 is 31.9 Å². The molecule has 29 heavy (non-hydrogen) atoms. The predicted molar refractivity (Wildman–Crippen MR) is 114 cm³/mol. The highest BCUT2D eigenvalue weighted by molar-refractivity contribution is 9.10. The van der Waals surface area contributed by atoms with E-state index in [0.29, 0.717) is 25.9 Å². The Morgan fingerprint density at radius 1 is 1.03 bits per heavy atom. The Morgan fingerprint density at radius 3 is 2.24 bits per heavy atom. The molecular formula is C21H25BrN2O4S. The summed E-state index contributed by atoms with van der Waals surface area (Å²) >= 11 is 3.35. The monoisotopic (exact) mass is 480 g/mol. The first kappa shape index (κ1) is 22.0. The Bertz CT molecular complexity index is 911. The second-order valence-electron chi connectivity index (χ2n) is 7.43. The lowest BCUT2D eigenvalue weighted by molar-refractivity contribution is -0.134. The summed E-state index contributed by atoms with van der Waals surface area (Å²) in [5, 5.41) is 8.82. The van der Waals surface area contributed by atoms with Gasteiger partial charge in [-0.25, -0.2) is 13.9 Å². The highest BCUT2D eigenvalue weighted by Crippen LogP contribution is 2.31. The number of hydroxylamine groups is 1. The fraction of sp³-hybridized carbons (Fsp3) is 0.381. The first-order chi connectivity index (χ1) is 13.9. The summed E-state index contributed by atoms with van der Waals surface area (Å²) in [7, 11) is -3.66. The molecule has 1 aliphatic rings. The number of rotatable bonds is 7. The molecule has 8 heteroatoms. The maximum atomic E-state index is 13.4. The molecule has 0 heterocycles. The summed E-state index contributed by atoms with van der Waals surface area (Å²) in [6, 6.07) is 16.2. The molecule has 0 saturated heterocycles. The minimum Gasteiger partial charge on any atom is -0.289 e. The lowest BCUT2D eigenvalue weighted by Crippen LogP contribution is -2.38. The Hall–Kier alpha value is -1.74. The van der Waals surface area contributed by atoms with Crippen molar-refractivity contribution in [2.75, 3.05) is 6.54 Å². The van der Waals surface area contributed by atoms with Crippen molar-refractivity contribution in [3.63, 3.8) is 0 Å². The van der Waals surface area contributed by atoms with Gasteiger partial charge in [0.25, 0.3) is 0 Å². The maximum Gasteiger partial charge on any atom is 0.246 e. The van der Waals surface area contributed by atoms with Crippen molar-refractivity contribution < 1.29 is 18.4 Å². The first-order valence-corrected chi connectivity index (χ1v) is 11.9. The van der Waals surface area contributed by atoms with Crippen LogP contribution in [0.2, 0.25) is 0 Å². The highest BCUT2D eigenvalue weighted by atomic mass is 79.9. The number of nitrogens with zero attached hydrogens (tertiary/aromatic N) is 1. The number of carbonyl (C=O) groups excluding carboxylic acids is 1. The molecule has 0 spiro atoms. The molecule has 0 aromatic heterocycles. The van der Waals surface area contributed by atoms with Gasteiger partial charge in [-0.1, -0.05) is 46.3 Å². The van der Waals surface area contributed by atoms with Crippen LogP contribution in [-0.4, -0.2) is 30.4 Å². The Morgan fingerprint density at radius 2 is 1.66 bits per heavy atom. The average Bonchev–Trinajstić information content (AvgIpc) is 2.74. The molecule has 1 amide bonds. The van der Waals surface area contributed by atoms with E-state index in [1.54, 1.807) is 34.1 Å². The lowest BCUT2D eigenvalue weighted by atomic mass is 9.81. The van der Waals surface area contributed by atoms with E-state index in [9.17, 15) is 13.2 Å². The molecule has 2 N–H and O–H groups in total. The fourth-order valence-electron chi connectivity index (χ4n) is 3.78. The lowest BCUT2D eigenvalue weighted by Gasteiger charge is -2.31. The molecule has 1 saturated carbocycles. The van der Waals surface area contributed by atoms with Crippen molar-refractivity contribution in [1.29, 1.82) is 0 Å². The molecule has 2 aromatic carbocycles. The molecule has 2 aromatic rings. The van der Waals surface area contributed by atoms with Crippen LogP contribution < -0.4 is 5.48 Å². The van der Waals surface area contributed by atoms with E-state index in [2.05, 4.69) is 15.9 Å². The highest BCUT2D eigenvalue weighted by Gasteiger charge is 2.31. The summed E-state index contributed by atoms with van der Waals surface area (Å²) in [5.41, 5.74) is 2.66. The normalized spacial score (nSPS) is 19.8. The van der Waals surface area contributed by atoms with Gasteiger partial charge in [-0.3, -0.25) is 10.0 Å². The summed E-state index contributed by atoms with van der Waals surface area (Å²) in [6.07, 6.45) is 2.79. The maximum absolute atomic E-state index is 13.4. The molecule has 1 aliphatic carbocycles. The van der Waals surface area contributed by atoms with Crippen LogP contribution in [0.3, 0.4) is 0 Å². The summed E-state index contributed by atoms with van der Waals surface area (Å²) in [5.74, 6) is -0.388. The van der Waals surface area contributed by atoms with Crippen LogP contribution in [0.1, 0.15) is 31.2 Å². The summed E-state index contributed by atoms with van der Waals surface area (Å²) in [6.45, 7) is 0.705. The van der Waals surface area contributed by atoms with Gasteiger partial charge in [-0.2, -0.15) is 4.31 Å². The van der Waals surface area contributed by atoms with Crippen LogP contribution in [0.4, 0.5) is 0 Å². The van der Waals surface area contributed by atoms with Crippen molar-refractivity contribution in [3.8, 4) is 0 Å². The number of carbonyl (C=O) groups is 1. The van der Waals surface area contributed by atoms with Crippen molar-refractivity contribution in [1.82, 2.24) is 9.79 Å². The van der Waals surface area contributed by atoms with Gasteiger partial charge in [-0.05, 0) is 61.4 Å². The zero-order chi connectivity index (χ0) is 20.9. The van der Waals surface area contributed by atoms with Crippen LogP contribution in [0.25, 0.3) is 0 Å². The topological polar surface area (TPSA) is 86.7 Å². The molecule has 156 valence electrons. The van der Waals surface area contributed by atoms with E-state index in [4.69, 9.17) is 5.21 Å². The fourth-order valence-corrected chi connectivity index (χ4v) is 5.55. The third-order valence-electron chi connectivity index (χ3n) is 5.44. The minimum atomic E-state index is -3.66. The molecule has 3 rings (SSSR count). The van der Waals surface area contributed by atoms with Gasteiger partial charge in [-0.15, -0.1) is 0 Å². The standard InChI is InChI=1S/C21H25BrN2O4S/c22-19-10-12-20(13-11-19)29(27,28)24(14-16-4-2-1-3-5-16)15-17-6-8-18(9-7-17)21(25)23-26/h1-5,10-13,17-18,26H,6-9,14-15H2,(H,23,25). The van der Waals surface area contributed by atoms with E-state index in [1.165, 1.54) is 0 Å². The van der Waals surface area contributed by atoms with Gasteiger partial charge < -0.3 is 0 Å². The van der Waals surface area contributed by atoms with E-state index < -0.39 is 10.0 Å². The van der Waals surface area contributed by atoms with E-state index >= 15 is 0 Å². The van der Waals surface area contributed by atoms with Gasteiger partial charge in [0.05, 0.1) is 4.90 Å². The number of halogens is 1. The number of sulfonamides is 1. The summed E-state index contributed by atoms with van der Waals surface area (Å²) < 4.78 is 29.1. The average molecular weight is 481 g/mol. The molecule has 0 atom stereocenters. The number of amides is 1. The molecule has 0 aliphatic heterocycles. The predicted octanol–water partition coefficient (Wildman–Crippen LogP) is 3.95. The van der Waals surface area contributed by atoms with E-state index in [1.807, 2.05) is 30.3 Å². The van der Waals surface area contributed by atoms with Gasteiger partial charge in [0.15, 0.2) is 0 Å². The summed E-state index contributed by atoms with van der Waals surface area (Å²) in [4.78, 5) is 11.9. The molecule has 0 bridgehead atoms. The number of nitrogens with one attached hydrogen (secondary N) is 1. The van der Waals surface area contributed by atoms with Gasteiger partial charge in [0.1, 0.15) is 0 Å². The van der Waals surface area contributed by atoms with Gasteiger partial charge >= 0.3 is 0 Å². The molecule has 0 radical (unpaired) electrons. The van der Waals surface area contributed by atoms with E-state index in [-0.39, 0.29) is 22.6 Å². The van der Waals surface area contributed by atoms with Crippen molar-refractivity contribution in [2.24, 2.45) is 11.8 Å². The number of hydrogen-bond donors (Lipinski definition) is 2. The number of benzene rings is 2. The van der Waals surface area contributed by atoms with Crippen LogP contribution in [0.5, 0.6) is 0 Å². The Kier molecular flexibility index (Phi) is 7.45. The van der Waals surface area contributed by atoms with Crippen LogP contribution in [-0.2, 0) is 21.4 Å². The van der Waals surface area contributed by atoms with Gasteiger partial charge in [0.2, 0.25) is 15.9 Å². The molecule has 6 nitrogen and oxygen atoms in total. The van der Waals surface area contributed by atoms with Crippen molar-refractivity contribution in [2.45, 2.75) is 37.1 Å². The number of hydrogen-bond acceptors (Lipinski definition) is 4. The van der Waals surface area contributed by atoms with Crippen LogP contribution >= 0.6 is 15.9 Å². The zero-order valence-corrected chi connectivity index (χ0v) is 18.4. The largest absolute Gasteiger partial charge is 0.289 e. The second kappa shape index (κ2) is 9.84. The van der Waals surface area contributed by atoms with E-state index in [0.717, 1.165) is 22.9 Å². The van der Waals surface area contributed by atoms with Crippen molar-refractivity contribution in [3.05, 3.63) is 64.6 Å². The first-order valence-electron chi connectivity index (χ1n) is 9.63. The Balaban J connectivity index is 1.78. The third kappa shape index (κ3) is 5.66. The van der Waals surface area contributed by atoms with Crippen LogP contribution in [0.15, 0.2) is 64.0 Å². The second-order valence-corrected chi connectivity index (χ2v) is 10.3. The Labute approximate surface area is 180 Å². The minimum absolute atomic E-state index is 0.173. The van der Waals surface area contributed by atoms with Gasteiger partial charge in [0, 0.05) is 23.5 Å². The zero-order valence-electron chi connectivity index (χ0n) is 16.0. The molecule has 1 fully saturated rings. The third-order valence-corrected chi connectivity index (χ3v) is 7.80. The SMILES string of the molecule is O=C(NO)C1CCC(CN(Cc2ccccc2)S(=O)(=O)c2ccc(Br)cc2)CC1. The molecule has 0 unspecified atom stereocenters. The van der Waals surface area contributed by atoms with Crippen LogP contribution in [0, 0.1) is 11.8 Å². The quantitative estimate of drug-likeness (QED) is 0.463. The molecular weight excluding hydrogens is 456 g/mol. The smallest absolute Gasteiger partial charge is 0.246 e.